The third-order valence-corrected chi connectivity index (χ3v) is 23.3. The van der Waals surface area contributed by atoms with Gasteiger partial charge in [0.25, 0.3) is 0 Å². The predicted molar refractivity (Wildman–Crippen MR) is 290 cm³/mol. The Bertz CT molecular complexity index is 2510. The molecule has 5 aliphatic heterocycles. The second-order valence-electron chi connectivity index (χ2n) is 29.3. The molecule has 5 saturated heterocycles. The first kappa shape index (κ1) is 68.0. The fourth-order valence-corrected chi connectivity index (χ4v) is 18.3. The van der Waals surface area contributed by atoms with Gasteiger partial charge in [-0.2, -0.15) is 0 Å². The quantitative estimate of drug-likeness (QED) is 0.0400. The van der Waals surface area contributed by atoms with E-state index >= 15 is 0 Å². The second-order valence-corrected chi connectivity index (χ2v) is 29.3. The summed E-state index contributed by atoms with van der Waals surface area (Å²) < 4.78 is 52.2. The molecule has 0 aromatic rings. The number of aliphatic hydroxyl groups is 18. The SMILES string of the molecule is C[C@H]1OC(O[C@@H]2C(CO)O[C@@](O)(OCC3O[C@@](O)(OC(=O)[C@@H]4CC(C)(C)C[C@H]5C6=CCC7[C@@]8(C)CC[C@H](OC9(C%10OC[C@H](O)[C@@H](O)[C@H]%10O)O[C@H](C)[C@@H](O)[C@H](O)[C@@H]9O)C(C)(C)C8CC[C@@]7(C)[C@]6(C)C[C@@H](O)C45)[C@@H](O)C(O)[C@@H]3O)[C@@H](O)C2O)[C@@H](O)[C@@H](O)[C@@H]1O. The van der Waals surface area contributed by atoms with Crippen molar-refractivity contribution in [2.45, 2.75) is 272 Å². The van der Waals surface area contributed by atoms with Crippen LogP contribution in [0, 0.1) is 56.7 Å². The van der Waals surface area contributed by atoms with Crippen molar-refractivity contribution in [1.29, 1.82) is 0 Å². The van der Waals surface area contributed by atoms with Crippen molar-refractivity contribution < 1.29 is 139 Å². The Labute approximate surface area is 504 Å². The van der Waals surface area contributed by atoms with Gasteiger partial charge in [0.1, 0.15) is 97.7 Å². The lowest BCUT2D eigenvalue weighted by Crippen LogP contribution is -2.75. The molecule has 28 heteroatoms. The fraction of sp³-hybridized carbons (Fsp3) is 0.949. The first-order valence-corrected chi connectivity index (χ1v) is 30.8. The highest BCUT2D eigenvalue weighted by Crippen LogP contribution is 2.75. The topological polar surface area (TPSA) is 464 Å². The number of allylic oxidation sites excluding steroid dienone is 2. The highest BCUT2D eigenvalue weighted by Gasteiger charge is 2.72. The van der Waals surface area contributed by atoms with Crippen molar-refractivity contribution in [2.24, 2.45) is 56.7 Å². The Morgan fingerprint density at radius 3 is 1.93 bits per heavy atom. The molecule has 0 aromatic heterocycles. The van der Waals surface area contributed by atoms with Crippen molar-refractivity contribution >= 4 is 5.97 Å². The van der Waals surface area contributed by atoms with Gasteiger partial charge in [-0.25, -0.2) is 0 Å². The molecule has 28 nitrogen and oxygen atoms in total. The van der Waals surface area contributed by atoms with Crippen LogP contribution in [0.3, 0.4) is 0 Å². The van der Waals surface area contributed by atoms with Gasteiger partial charge in [0.15, 0.2) is 18.5 Å². The maximum absolute atomic E-state index is 14.8. The van der Waals surface area contributed by atoms with Crippen LogP contribution < -0.4 is 0 Å². The van der Waals surface area contributed by atoms with Crippen molar-refractivity contribution in [3.63, 3.8) is 0 Å². The molecule has 18 N–H and O–H groups in total. The lowest BCUT2D eigenvalue weighted by Gasteiger charge is -2.71. The van der Waals surface area contributed by atoms with Gasteiger partial charge in [-0.15, -0.1) is 0 Å². The average molecular weight is 1250 g/mol. The van der Waals surface area contributed by atoms with E-state index in [1.165, 1.54) is 13.8 Å². The summed E-state index contributed by atoms with van der Waals surface area (Å²) in [4.78, 5) is 14.8. The van der Waals surface area contributed by atoms with Crippen molar-refractivity contribution in [2.75, 3.05) is 19.8 Å². The summed E-state index contributed by atoms with van der Waals surface area (Å²) in [6.45, 7) is 15.1. The van der Waals surface area contributed by atoms with Gasteiger partial charge >= 0.3 is 17.9 Å². The number of carbonyl (C=O) groups is 1. The minimum absolute atomic E-state index is 0.0348. The Morgan fingerprint density at radius 2 is 1.26 bits per heavy atom. The summed E-state index contributed by atoms with van der Waals surface area (Å²) in [5, 5.41) is 199. The van der Waals surface area contributed by atoms with Crippen LogP contribution in [-0.2, 0) is 47.4 Å². The van der Waals surface area contributed by atoms with Gasteiger partial charge in [-0.3, -0.25) is 4.79 Å². The molecule has 0 spiro atoms. The summed E-state index contributed by atoms with van der Waals surface area (Å²) in [5.41, 5.74) is -1.63. The maximum atomic E-state index is 14.8. The number of esters is 1. The summed E-state index contributed by atoms with van der Waals surface area (Å²) >= 11 is 0. The van der Waals surface area contributed by atoms with E-state index in [9.17, 15) is 96.7 Å². The standard InChI is InChI=1S/C59H96O28/c1-22-35(63)39(67)43(71)51(81-22)82-45-29(19-60)84-58(77,48(75)44(45)72)80-21-30-38(66)41(69)47(74)59(78,85-30)87-50(76)25-17-52(3,4)16-24-26-10-11-32-54(7)14-13-33(53(5,6)31(54)12-15-55(32,8)56(26,9)18-27(61)34(24)25)86-57(46(73)40(68)36(64)23(2)83-57)49-42(70)37(65)28(62)20-79-49/h10,22-25,27-49,51,60-75,77-78H,11-21H2,1-9H3/t22-,23-,24+,25-,27-,28+,29?,30?,31?,32?,33+,34?,35-,36-,37-,38-,39+,40+,41?,42-,43+,44?,45-,46+,47+,48+,49?,51?,54+,55-,56-,57?,58+,59-/m1/s1. The van der Waals surface area contributed by atoms with Gasteiger partial charge in [0.05, 0.1) is 50.2 Å². The molecule has 0 bridgehead atoms. The zero-order chi connectivity index (χ0) is 64.2. The lowest BCUT2D eigenvalue weighted by molar-refractivity contribution is -0.473. The van der Waals surface area contributed by atoms with Crippen molar-refractivity contribution in [3.8, 4) is 0 Å². The third kappa shape index (κ3) is 10.8. The van der Waals surface area contributed by atoms with E-state index in [1.807, 2.05) is 13.8 Å². The van der Waals surface area contributed by atoms with Gasteiger partial charge < -0.3 is 135 Å². The van der Waals surface area contributed by atoms with Crippen LogP contribution in [0.1, 0.15) is 114 Å². The van der Waals surface area contributed by atoms with E-state index in [1.54, 1.807) is 0 Å². The molecule has 87 heavy (non-hydrogen) atoms. The van der Waals surface area contributed by atoms with Crippen LogP contribution in [0.5, 0.6) is 0 Å². The monoisotopic (exact) mass is 1250 g/mol. The fourth-order valence-electron chi connectivity index (χ4n) is 18.3. The van der Waals surface area contributed by atoms with E-state index < -0.39 is 224 Å². The molecule has 9 fully saturated rings. The molecule has 500 valence electrons. The molecule has 0 radical (unpaired) electrons. The van der Waals surface area contributed by atoms with Crippen LogP contribution in [0.15, 0.2) is 11.6 Å². The molecular weight excluding hydrogens is 1160 g/mol. The molecule has 10 aliphatic rings. The Hall–Kier alpha value is -1.83. The Kier molecular flexibility index (Phi) is 18.4. The molecule has 10 unspecified atom stereocenters. The predicted octanol–water partition coefficient (Wildman–Crippen LogP) is -4.66. The molecule has 0 amide bonds. The summed E-state index contributed by atoms with van der Waals surface area (Å²) in [6, 6.07) is 0. The van der Waals surface area contributed by atoms with E-state index in [4.69, 9.17) is 42.6 Å². The highest BCUT2D eigenvalue weighted by molar-refractivity contribution is 5.74. The number of carbonyl (C=O) groups excluding carboxylic acids is 1. The van der Waals surface area contributed by atoms with E-state index in [0.717, 1.165) is 5.57 Å². The molecule has 34 atom stereocenters. The lowest BCUT2D eigenvalue weighted by atomic mass is 9.34. The Balaban J connectivity index is 0.851. The molecule has 5 aliphatic carbocycles. The first-order chi connectivity index (χ1) is 40.3. The smallest absolute Gasteiger partial charge is 0.357 e. The average Bonchev–Trinajstić information content (AvgIpc) is 0.682. The van der Waals surface area contributed by atoms with Crippen molar-refractivity contribution in [3.05, 3.63) is 11.6 Å². The Morgan fingerprint density at radius 1 is 0.632 bits per heavy atom. The van der Waals surface area contributed by atoms with E-state index in [0.29, 0.717) is 38.5 Å². The molecule has 10 rings (SSSR count). The van der Waals surface area contributed by atoms with Crippen LogP contribution in [0.25, 0.3) is 0 Å². The number of rotatable bonds is 11. The van der Waals surface area contributed by atoms with E-state index in [-0.39, 0.29) is 30.1 Å². The first-order valence-electron chi connectivity index (χ1n) is 30.8. The molecule has 4 saturated carbocycles. The van der Waals surface area contributed by atoms with Gasteiger partial charge in [0, 0.05) is 5.92 Å². The number of aliphatic hydroxyl groups excluding tert-OH is 16. The van der Waals surface area contributed by atoms with Gasteiger partial charge in [-0.1, -0.05) is 60.1 Å². The zero-order valence-electron chi connectivity index (χ0n) is 50.7. The van der Waals surface area contributed by atoms with Gasteiger partial charge in [0.2, 0.25) is 5.79 Å². The number of hydrogen-bond acceptors (Lipinski definition) is 28. The third-order valence-electron chi connectivity index (χ3n) is 23.3. The normalized spacial score (nSPS) is 56.6. The number of fused-ring (bicyclic) bond motifs is 7. The number of ether oxygens (including phenoxy) is 9. The molecule has 0 aromatic carbocycles. The summed E-state index contributed by atoms with van der Waals surface area (Å²) in [5.74, 6) is -12.4. The van der Waals surface area contributed by atoms with Crippen molar-refractivity contribution in [1.82, 2.24) is 0 Å². The summed E-state index contributed by atoms with van der Waals surface area (Å²) in [6.07, 6.45) is -33.8. The van der Waals surface area contributed by atoms with Gasteiger partial charge in [-0.05, 0) is 110 Å². The largest absolute Gasteiger partial charge is 0.405 e. The van der Waals surface area contributed by atoms with E-state index in [2.05, 4.69) is 40.7 Å². The number of hydrogen-bond donors (Lipinski definition) is 18. The zero-order valence-corrected chi connectivity index (χ0v) is 50.7. The maximum Gasteiger partial charge on any atom is 0.357 e. The van der Waals surface area contributed by atoms with Crippen LogP contribution in [-0.4, -0.2) is 276 Å². The van der Waals surface area contributed by atoms with Crippen LogP contribution in [0.4, 0.5) is 0 Å². The highest BCUT2D eigenvalue weighted by atomic mass is 16.9. The second kappa shape index (κ2) is 23.6. The molecular formula is C59H96O28. The van der Waals surface area contributed by atoms with Crippen LogP contribution in [0.2, 0.25) is 0 Å². The summed E-state index contributed by atoms with van der Waals surface area (Å²) in [7, 11) is 0. The minimum Gasteiger partial charge on any atom is -0.405 e. The van der Waals surface area contributed by atoms with Crippen LogP contribution >= 0.6 is 0 Å². The minimum atomic E-state index is -3.41. The molecule has 5 heterocycles.